The lowest BCUT2D eigenvalue weighted by Gasteiger charge is -2.12. The summed E-state index contributed by atoms with van der Waals surface area (Å²) in [6.45, 7) is 11.8. The van der Waals surface area contributed by atoms with Crippen molar-refractivity contribution in [3.63, 3.8) is 0 Å². The molecular weight excluding hydrogens is 433 g/mol. The van der Waals surface area contributed by atoms with Crippen LogP contribution in [0.4, 0.5) is 0 Å². The van der Waals surface area contributed by atoms with E-state index in [1.54, 1.807) is 11.3 Å². The van der Waals surface area contributed by atoms with E-state index in [0.29, 0.717) is 12.5 Å². The maximum atomic E-state index is 4.67. The highest BCUT2D eigenvalue weighted by Gasteiger charge is 2.06. The van der Waals surface area contributed by atoms with Crippen molar-refractivity contribution in [2.45, 2.75) is 47.3 Å². The van der Waals surface area contributed by atoms with Crippen molar-refractivity contribution in [3.05, 3.63) is 40.1 Å². The van der Waals surface area contributed by atoms with Gasteiger partial charge in [-0.15, -0.1) is 35.3 Å². The molecule has 0 unspecified atom stereocenters. The molecule has 0 amide bonds. The molecule has 0 aliphatic rings. The molecule has 134 valence electrons. The first kappa shape index (κ1) is 21.0. The molecule has 0 bridgehead atoms. The zero-order chi connectivity index (χ0) is 16.7. The summed E-state index contributed by atoms with van der Waals surface area (Å²) >= 11 is 1.77. The van der Waals surface area contributed by atoms with Gasteiger partial charge in [0, 0.05) is 30.4 Å². The number of thiophene rings is 1. The monoisotopic (exact) mass is 461 g/mol. The summed E-state index contributed by atoms with van der Waals surface area (Å²) in [5.74, 6) is 2.43. The fourth-order valence-corrected chi connectivity index (χ4v) is 3.14. The van der Waals surface area contributed by atoms with Crippen LogP contribution < -0.4 is 10.6 Å². The van der Waals surface area contributed by atoms with Crippen LogP contribution >= 0.6 is 35.3 Å². The highest BCUT2D eigenvalue weighted by atomic mass is 127. The minimum Gasteiger partial charge on any atom is -0.357 e. The molecule has 0 saturated carbocycles. The Hall–Kier alpha value is -1.09. The lowest BCUT2D eigenvalue weighted by Crippen LogP contribution is -2.36. The summed E-state index contributed by atoms with van der Waals surface area (Å²) in [4.78, 5) is 10.4. The Morgan fingerprint density at radius 2 is 2.17 bits per heavy atom. The molecule has 24 heavy (non-hydrogen) atoms. The number of rotatable bonds is 7. The quantitative estimate of drug-likeness (QED) is 0.375. The Kier molecular flexibility index (Phi) is 9.35. The summed E-state index contributed by atoms with van der Waals surface area (Å²) in [5, 5.41) is 8.82. The normalized spacial score (nSPS) is 11.5. The van der Waals surface area contributed by atoms with Gasteiger partial charge in [0.15, 0.2) is 5.96 Å². The Morgan fingerprint density at radius 1 is 1.38 bits per heavy atom. The largest absolute Gasteiger partial charge is 0.357 e. The van der Waals surface area contributed by atoms with E-state index in [9.17, 15) is 0 Å². The molecule has 0 aliphatic carbocycles. The van der Waals surface area contributed by atoms with Crippen molar-refractivity contribution in [1.82, 2.24) is 20.2 Å². The van der Waals surface area contributed by atoms with Crippen LogP contribution in [-0.4, -0.2) is 22.1 Å². The van der Waals surface area contributed by atoms with E-state index >= 15 is 0 Å². The number of aryl methyl sites for hydroxylation is 1. The maximum Gasteiger partial charge on any atom is 0.191 e. The van der Waals surface area contributed by atoms with Gasteiger partial charge in [0.1, 0.15) is 12.4 Å². The standard InChI is InChI=1S/C17H27N5S.HI/c1-5-18-17(20-10-15-14(4)6-9-23-15)21-11-16-19-7-8-22(16)12-13(2)3;/h6-9,13H,5,10-12H2,1-4H3,(H2,18,20,21);1H. The van der Waals surface area contributed by atoms with Crippen LogP contribution in [-0.2, 0) is 19.6 Å². The summed E-state index contributed by atoms with van der Waals surface area (Å²) in [5.41, 5.74) is 1.32. The first-order valence-corrected chi connectivity index (χ1v) is 9.03. The highest BCUT2D eigenvalue weighted by Crippen LogP contribution is 2.14. The van der Waals surface area contributed by atoms with E-state index in [2.05, 4.69) is 64.3 Å². The fourth-order valence-electron chi connectivity index (χ4n) is 2.29. The lowest BCUT2D eigenvalue weighted by molar-refractivity contribution is 0.507. The lowest BCUT2D eigenvalue weighted by atomic mass is 10.2. The number of nitrogens with one attached hydrogen (secondary N) is 2. The second kappa shape index (κ2) is 10.7. The zero-order valence-electron chi connectivity index (χ0n) is 14.9. The first-order valence-electron chi connectivity index (χ1n) is 8.15. The molecule has 0 aromatic carbocycles. The Bertz CT molecular complexity index is 632. The molecule has 0 fully saturated rings. The van der Waals surface area contributed by atoms with Gasteiger partial charge in [0.25, 0.3) is 0 Å². The summed E-state index contributed by atoms with van der Waals surface area (Å²) in [6, 6.07) is 2.15. The van der Waals surface area contributed by atoms with Crippen molar-refractivity contribution < 1.29 is 0 Å². The first-order chi connectivity index (χ1) is 11.1. The Morgan fingerprint density at radius 3 is 2.79 bits per heavy atom. The van der Waals surface area contributed by atoms with Crippen molar-refractivity contribution in [1.29, 1.82) is 0 Å². The van der Waals surface area contributed by atoms with Crippen LogP contribution in [0.5, 0.6) is 0 Å². The third kappa shape index (κ3) is 6.43. The molecule has 2 aromatic heterocycles. The van der Waals surface area contributed by atoms with Gasteiger partial charge in [-0.25, -0.2) is 9.98 Å². The summed E-state index contributed by atoms with van der Waals surface area (Å²) in [7, 11) is 0. The molecule has 2 rings (SSSR count). The molecule has 5 nitrogen and oxygen atoms in total. The van der Waals surface area contributed by atoms with Crippen molar-refractivity contribution in [2.24, 2.45) is 10.9 Å². The van der Waals surface area contributed by atoms with Gasteiger partial charge >= 0.3 is 0 Å². The molecule has 0 saturated heterocycles. The highest BCUT2D eigenvalue weighted by molar-refractivity contribution is 14.0. The van der Waals surface area contributed by atoms with Crippen LogP contribution in [0.15, 0.2) is 28.8 Å². The van der Waals surface area contributed by atoms with Gasteiger partial charge in [-0.1, -0.05) is 13.8 Å². The van der Waals surface area contributed by atoms with E-state index < -0.39 is 0 Å². The van der Waals surface area contributed by atoms with E-state index in [4.69, 9.17) is 0 Å². The number of guanidine groups is 1. The minimum atomic E-state index is 0. The van der Waals surface area contributed by atoms with Crippen molar-refractivity contribution in [3.8, 4) is 0 Å². The molecule has 2 aromatic rings. The van der Waals surface area contributed by atoms with Crippen molar-refractivity contribution in [2.75, 3.05) is 6.54 Å². The smallest absolute Gasteiger partial charge is 0.191 e. The second-order valence-electron chi connectivity index (χ2n) is 5.97. The summed E-state index contributed by atoms with van der Waals surface area (Å²) in [6.07, 6.45) is 3.88. The van der Waals surface area contributed by atoms with Gasteiger partial charge in [-0.05, 0) is 36.8 Å². The molecule has 2 heterocycles. The maximum absolute atomic E-state index is 4.67. The number of aliphatic imine (C=N–C) groups is 1. The molecular formula is C17H28IN5S. The zero-order valence-corrected chi connectivity index (χ0v) is 18.0. The number of imidazole rings is 1. The van der Waals surface area contributed by atoms with Crippen LogP contribution in [0.1, 0.15) is 37.0 Å². The van der Waals surface area contributed by atoms with Gasteiger partial charge in [-0.3, -0.25) is 0 Å². The number of halogens is 1. The molecule has 2 N–H and O–H groups in total. The third-order valence-electron chi connectivity index (χ3n) is 3.47. The molecule has 0 aliphatic heterocycles. The topological polar surface area (TPSA) is 54.2 Å². The number of nitrogens with zero attached hydrogens (tertiary/aromatic N) is 3. The molecule has 7 heteroatoms. The van der Waals surface area contributed by atoms with E-state index in [1.807, 2.05) is 12.4 Å². The average Bonchev–Trinajstić information content (AvgIpc) is 3.10. The molecule has 0 atom stereocenters. The Balaban J connectivity index is 0.00000288. The predicted octanol–water partition coefficient (Wildman–Crippen LogP) is 3.78. The fraction of sp³-hybridized carbons (Fsp3) is 0.529. The van der Waals surface area contributed by atoms with Gasteiger partial charge in [0.2, 0.25) is 0 Å². The SMILES string of the molecule is CCNC(=NCc1nccn1CC(C)C)NCc1sccc1C.I. The van der Waals surface area contributed by atoms with Crippen LogP contribution in [0.25, 0.3) is 0 Å². The molecule has 0 spiro atoms. The third-order valence-corrected chi connectivity index (χ3v) is 4.49. The second-order valence-corrected chi connectivity index (χ2v) is 6.97. The summed E-state index contributed by atoms with van der Waals surface area (Å²) < 4.78 is 2.18. The average molecular weight is 461 g/mol. The Labute approximate surface area is 166 Å². The van der Waals surface area contributed by atoms with Crippen LogP contribution in [0, 0.1) is 12.8 Å². The molecule has 0 radical (unpaired) electrons. The van der Waals surface area contributed by atoms with Crippen LogP contribution in [0.3, 0.4) is 0 Å². The number of hydrogen-bond acceptors (Lipinski definition) is 3. The van der Waals surface area contributed by atoms with Crippen LogP contribution in [0.2, 0.25) is 0 Å². The number of aromatic nitrogens is 2. The van der Waals surface area contributed by atoms with Crippen molar-refractivity contribution >= 4 is 41.3 Å². The minimum absolute atomic E-state index is 0. The van der Waals surface area contributed by atoms with E-state index in [1.165, 1.54) is 10.4 Å². The van der Waals surface area contributed by atoms with Gasteiger partial charge in [-0.2, -0.15) is 0 Å². The van der Waals surface area contributed by atoms with Gasteiger partial charge < -0.3 is 15.2 Å². The predicted molar refractivity (Wildman–Crippen MR) is 113 cm³/mol. The number of hydrogen-bond donors (Lipinski definition) is 2. The van der Waals surface area contributed by atoms with E-state index in [0.717, 1.165) is 31.4 Å². The van der Waals surface area contributed by atoms with E-state index in [-0.39, 0.29) is 24.0 Å². The van der Waals surface area contributed by atoms with Gasteiger partial charge in [0.05, 0.1) is 6.54 Å².